The number of Topliss-reactive ketones (excluding diaryl/α,β-unsaturated/α-hetero) is 1. The zero-order valence-electron chi connectivity index (χ0n) is 25.5. The third-order valence-corrected chi connectivity index (χ3v) is 8.56. The van der Waals surface area contributed by atoms with Crippen LogP contribution in [0, 0.1) is 0 Å². The van der Waals surface area contributed by atoms with E-state index in [2.05, 4.69) is 5.32 Å². The Labute approximate surface area is 268 Å². The van der Waals surface area contributed by atoms with E-state index >= 15 is 0 Å². The molecule has 7 nitrogen and oxygen atoms in total. The number of carbonyl (C=O) groups excluding carboxylic acids is 2. The second kappa shape index (κ2) is 13.1. The number of rotatable bonds is 8. The maximum Gasteiger partial charge on any atom is 0.224 e. The van der Waals surface area contributed by atoms with Crippen LogP contribution in [0.3, 0.4) is 0 Å². The molecule has 8 heteroatoms. The number of carbonyl (C=O) groups is 2. The summed E-state index contributed by atoms with van der Waals surface area (Å²) in [6.07, 6.45) is 0.941. The van der Waals surface area contributed by atoms with E-state index in [1.165, 1.54) is 6.92 Å². The van der Waals surface area contributed by atoms with Crippen LogP contribution in [0.1, 0.15) is 55.3 Å². The van der Waals surface area contributed by atoms with Gasteiger partial charge in [-0.05, 0) is 84.5 Å². The predicted octanol–water partition coefficient (Wildman–Crippen LogP) is 8.25. The van der Waals surface area contributed by atoms with Crippen LogP contribution < -0.4 is 24.4 Å². The Morgan fingerprint density at radius 1 is 0.911 bits per heavy atom. The quantitative estimate of drug-likeness (QED) is 0.213. The first-order valence-electron chi connectivity index (χ1n) is 15.1. The highest BCUT2D eigenvalue weighted by atomic mass is 35.5. The Balaban J connectivity index is 1.43. The molecule has 2 aliphatic rings. The summed E-state index contributed by atoms with van der Waals surface area (Å²) < 4.78 is 17.6. The molecule has 1 N–H and O–H groups in total. The van der Waals surface area contributed by atoms with Gasteiger partial charge in [0.15, 0.2) is 17.3 Å². The zero-order chi connectivity index (χ0) is 31.5. The molecule has 4 aromatic rings. The zero-order valence-corrected chi connectivity index (χ0v) is 26.3. The molecule has 4 aromatic carbocycles. The van der Waals surface area contributed by atoms with Gasteiger partial charge in [0, 0.05) is 29.6 Å². The number of allylic oxidation sites excluding steroid dienone is 1. The van der Waals surface area contributed by atoms with Crippen molar-refractivity contribution in [1.29, 1.82) is 0 Å². The molecule has 6 rings (SSSR count). The summed E-state index contributed by atoms with van der Waals surface area (Å²) in [5, 5.41) is 4.23. The number of hydrogen-bond donors (Lipinski definition) is 1. The number of methoxy groups -OCH3 is 1. The van der Waals surface area contributed by atoms with Crippen molar-refractivity contribution in [3.05, 3.63) is 124 Å². The molecule has 0 saturated heterocycles. The highest BCUT2D eigenvalue weighted by molar-refractivity contribution is 6.30. The van der Waals surface area contributed by atoms with Crippen molar-refractivity contribution in [3.8, 4) is 17.2 Å². The summed E-state index contributed by atoms with van der Waals surface area (Å²) in [5.41, 5.74) is 5.68. The number of amides is 1. The number of benzene rings is 4. The predicted molar refractivity (Wildman–Crippen MR) is 176 cm³/mol. The number of anilines is 2. The van der Waals surface area contributed by atoms with Crippen LogP contribution in [0.4, 0.5) is 11.4 Å². The molecule has 230 valence electrons. The van der Waals surface area contributed by atoms with E-state index in [1.54, 1.807) is 12.0 Å². The van der Waals surface area contributed by atoms with Gasteiger partial charge in [-0.1, -0.05) is 54.1 Å². The largest absolute Gasteiger partial charge is 0.497 e. The van der Waals surface area contributed by atoms with Crippen LogP contribution in [-0.4, -0.2) is 25.4 Å². The SMILES string of the molecule is CCOc1cc(C2C3=C(CC(c4ccc(OC)cc4)CC3=O)Nc3ccccc3N2C(C)=O)ccc1OCc1ccc(Cl)cc1. The van der Waals surface area contributed by atoms with Gasteiger partial charge in [-0.2, -0.15) is 0 Å². The molecule has 2 atom stereocenters. The van der Waals surface area contributed by atoms with Crippen molar-refractivity contribution in [2.24, 2.45) is 0 Å². The third-order valence-electron chi connectivity index (χ3n) is 8.31. The molecule has 1 heterocycles. The van der Waals surface area contributed by atoms with Crippen LogP contribution in [0.2, 0.25) is 5.02 Å². The molecular formula is C37H35ClN2O5. The van der Waals surface area contributed by atoms with Crippen LogP contribution in [0.5, 0.6) is 17.2 Å². The summed E-state index contributed by atoms with van der Waals surface area (Å²) in [6, 6.07) is 28.0. The Bertz CT molecular complexity index is 1750. The molecule has 0 aromatic heterocycles. The van der Waals surface area contributed by atoms with Crippen molar-refractivity contribution in [2.45, 2.75) is 45.3 Å². The summed E-state index contributed by atoms with van der Waals surface area (Å²) in [5.74, 6) is 1.68. The van der Waals surface area contributed by atoms with E-state index in [-0.39, 0.29) is 17.6 Å². The first-order valence-corrected chi connectivity index (χ1v) is 15.4. The van der Waals surface area contributed by atoms with E-state index in [1.807, 2.05) is 97.9 Å². The minimum atomic E-state index is -0.664. The normalized spacial score (nSPS) is 17.5. The van der Waals surface area contributed by atoms with Gasteiger partial charge in [-0.3, -0.25) is 14.5 Å². The monoisotopic (exact) mass is 622 g/mol. The van der Waals surface area contributed by atoms with Crippen molar-refractivity contribution in [1.82, 2.24) is 0 Å². The number of para-hydroxylation sites is 2. The van der Waals surface area contributed by atoms with Crippen molar-refractivity contribution in [3.63, 3.8) is 0 Å². The fourth-order valence-corrected chi connectivity index (χ4v) is 6.32. The highest BCUT2D eigenvalue weighted by Crippen LogP contribution is 2.48. The number of hydrogen-bond acceptors (Lipinski definition) is 6. The molecular weight excluding hydrogens is 588 g/mol. The molecule has 0 saturated carbocycles. The Kier molecular flexibility index (Phi) is 8.80. The maximum absolute atomic E-state index is 14.2. The molecule has 1 amide bonds. The topological polar surface area (TPSA) is 77.1 Å². The van der Waals surface area contributed by atoms with Gasteiger partial charge in [0.25, 0.3) is 0 Å². The second-order valence-electron chi connectivity index (χ2n) is 11.2. The lowest BCUT2D eigenvalue weighted by Crippen LogP contribution is -2.37. The Hall–Kier alpha value is -4.75. The minimum absolute atomic E-state index is 0.00495. The maximum atomic E-state index is 14.2. The molecule has 0 spiro atoms. The Morgan fingerprint density at radius 2 is 1.64 bits per heavy atom. The number of halogens is 1. The van der Waals surface area contributed by atoms with Gasteiger partial charge in [0.2, 0.25) is 5.91 Å². The van der Waals surface area contributed by atoms with Gasteiger partial charge in [-0.15, -0.1) is 0 Å². The van der Waals surface area contributed by atoms with Gasteiger partial charge < -0.3 is 19.5 Å². The van der Waals surface area contributed by atoms with Crippen LogP contribution >= 0.6 is 11.6 Å². The number of ketones is 1. The van der Waals surface area contributed by atoms with Crippen LogP contribution in [0.25, 0.3) is 0 Å². The third kappa shape index (κ3) is 6.26. The van der Waals surface area contributed by atoms with Gasteiger partial charge in [0.1, 0.15) is 12.4 Å². The number of ether oxygens (including phenoxy) is 3. The minimum Gasteiger partial charge on any atom is -0.497 e. The van der Waals surface area contributed by atoms with Gasteiger partial charge in [0.05, 0.1) is 31.1 Å². The first kappa shape index (κ1) is 30.3. The van der Waals surface area contributed by atoms with Crippen molar-refractivity contribution >= 4 is 34.7 Å². The first-order chi connectivity index (χ1) is 21.9. The summed E-state index contributed by atoms with van der Waals surface area (Å²) >= 11 is 6.05. The van der Waals surface area contributed by atoms with E-state index in [0.29, 0.717) is 53.8 Å². The smallest absolute Gasteiger partial charge is 0.224 e. The fourth-order valence-electron chi connectivity index (χ4n) is 6.19. The number of fused-ring (bicyclic) bond motifs is 1. The average Bonchev–Trinajstić information content (AvgIpc) is 3.20. The lowest BCUT2D eigenvalue weighted by atomic mass is 9.78. The second-order valence-corrected chi connectivity index (χ2v) is 11.6. The number of nitrogens with zero attached hydrogens (tertiary/aromatic N) is 1. The van der Waals surface area contributed by atoms with Crippen LogP contribution in [0.15, 0.2) is 102 Å². The fraction of sp³-hybridized carbons (Fsp3) is 0.243. The standard InChI is InChI=1S/C37H35ClN2O5/c1-4-44-35-21-26(13-18-34(35)45-22-24-9-14-28(38)15-10-24)37-36-31(39-30-7-5-6-8-32(30)40(37)23(2)41)19-27(20-33(36)42)25-11-16-29(43-3)17-12-25/h5-18,21,27,37,39H,4,19-20,22H2,1-3H3. The summed E-state index contributed by atoms with van der Waals surface area (Å²) in [4.78, 5) is 29.4. The molecule has 0 bridgehead atoms. The number of nitrogens with one attached hydrogen (secondary N) is 1. The van der Waals surface area contributed by atoms with Crippen molar-refractivity contribution < 1.29 is 23.8 Å². The van der Waals surface area contributed by atoms with E-state index < -0.39 is 6.04 Å². The summed E-state index contributed by atoms with van der Waals surface area (Å²) in [7, 11) is 1.64. The van der Waals surface area contributed by atoms with E-state index in [4.69, 9.17) is 25.8 Å². The van der Waals surface area contributed by atoms with Gasteiger partial charge in [-0.25, -0.2) is 0 Å². The molecule has 1 aliphatic carbocycles. The van der Waals surface area contributed by atoms with Crippen LogP contribution in [-0.2, 0) is 16.2 Å². The molecule has 0 fully saturated rings. The molecule has 2 unspecified atom stereocenters. The van der Waals surface area contributed by atoms with E-state index in [9.17, 15) is 9.59 Å². The lowest BCUT2D eigenvalue weighted by molar-refractivity contribution is -0.117. The van der Waals surface area contributed by atoms with Gasteiger partial charge >= 0.3 is 0 Å². The Morgan fingerprint density at radius 3 is 2.36 bits per heavy atom. The van der Waals surface area contributed by atoms with Crippen molar-refractivity contribution in [2.75, 3.05) is 23.9 Å². The summed E-state index contributed by atoms with van der Waals surface area (Å²) in [6.45, 7) is 4.20. The molecule has 0 radical (unpaired) electrons. The molecule has 45 heavy (non-hydrogen) atoms. The molecule has 1 aliphatic heterocycles. The van der Waals surface area contributed by atoms with E-state index in [0.717, 1.165) is 33.8 Å². The lowest BCUT2D eigenvalue weighted by Gasteiger charge is -2.35. The average molecular weight is 623 g/mol. The highest BCUT2D eigenvalue weighted by Gasteiger charge is 2.41.